The van der Waals surface area contributed by atoms with E-state index >= 15 is 0 Å². The van der Waals surface area contributed by atoms with Crippen molar-refractivity contribution in [3.8, 4) is 0 Å². The Bertz CT molecular complexity index is 304. The Morgan fingerprint density at radius 2 is 2.57 bits per heavy atom. The molecule has 0 spiro atoms. The third-order valence-electron chi connectivity index (χ3n) is 2.63. The maximum Gasteiger partial charge on any atom is 0.328 e. The first-order chi connectivity index (χ1) is 6.81. The highest BCUT2D eigenvalue weighted by Crippen LogP contribution is 2.27. The summed E-state index contributed by atoms with van der Waals surface area (Å²) in [5.41, 5.74) is 2.50. The van der Waals surface area contributed by atoms with Crippen LogP contribution in [0.4, 0.5) is 0 Å². The quantitative estimate of drug-likeness (QED) is 0.676. The number of hydrogen-bond acceptors (Lipinski definition) is 3. The Kier molecular flexibility index (Phi) is 2.57. The number of rotatable bonds is 2. The third kappa shape index (κ3) is 1.67. The molecule has 0 radical (unpaired) electrons. The van der Waals surface area contributed by atoms with Gasteiger partial charge in [0.15, 0.2) is 0 Å². The van der Waals surface area contributed by atoms with Crippen molar-refractivity contribution in [1.82, 2.24) is 5.32 Å². The maximum absolute atomic E-state index is 11.5. The smallest absolute Gasteiger partial charge is 0.328 e. The van der Waals surface area contributed by atoms with E-state index in [1.54, 1.807) is 0 Å². The molecule has 2 rings (SSSR count). The Balaban J connectivity index is 1.98. The average Bonchev–Trinajstić information content (AvgIpc) is 2.61. The lowest BCUT2D eigenvalue weighted by atomic mass is 10.0. The first-order valence-corrected chi connectivity index (χ1v) is 5.13. The second-order valence-electron chi connectivity index (χ2n) is 3.61. The van der Waals surface area contributed by atoms with Gasteiger partial charge >= 0.3 is 5.97 Å². The van der Waals surface area contributed by atoms with Gasteiger partial charge in [-0.15, -0.1) is 0 Å². The predicted molar refractivity (Wildman–Crippen MR) is 53.6 cm³/mol. The number of esters is 1. The normalized spacial score (nSPS) is 24.5. The van der Waals surface area contributed by atoms with Crippen molar-refractivity contribution in [2.75, 3.05) is 6.61 Å². The lowest BCUT2D eigenvalue weighted by Gasteiger charge is -2.10. The number of allylic oxidation sites excluding steroid dienone is 2. The minimum atomic E-state index is -0.150. The standard InChI is InChI=1S/C11H15NO2/c1-2-14-11(13)10-7-8-5-3-4-6-9(8)12-10/h4,6,10,12H,2-3,5,7H2,1H3. The van der Waals surface area contributed by atoms with Gasteiger partial charge in [-0.2, -0.15) is 0 Å². The van der Waals surface area contributed by atoms with E-state index in [9.17, 15) is 4.79 Å². The van der Waals surface area contributed by atoms with Crippen molar-refractivity contribution in [2.45, 2.75) is 32.2 Å². The molecule has 3 heteroatoms. The number of nitrogens with one attached hydrogen (secondary N) is 1. The summed E-state index contributed by atoms with van der Waals surface area (Å²) in [5, 5.41) is 3.20. The van der Waals surface area contributed by atoms with E-state index in [0.717, 1.165) is 25.0 Å². The summed E-state index contributed by atoms with van der Waals surface area (Å²) < 4.78 is 4.98. The molecule has 0 aromatic rings. The summed E-state index contributed by atoms with van der Waals surface area (Å²) in [6.07, 6.45) is 7.20. The van der Waals surface area contributed by atoms with Gasteiger partial charge in [-0.05, 0) is 31.4 Å². The second kappa shape index (κ2) is 3.86. The number of carbonyl (C=O) groups is 1. The Hall–Kier alpha value is -1.25. The lowest BCUT2D eigenvalue weighted by molar-refractivity contribution is -0.145. The van der Waals surface area contributed by atoms with Crippen molar-refractivity contribution >= 4 is 5.97 Å². The molecule has 76 valence electrons. The molecule has 0 saturated carbocycles. The highest BCUT2D eigenvalue weighted by Gasteiger charge is 2.29. The molecule has 0 bridgehead atoms. The molecule has 1 aliphatic carbocycles. The fraction of sp³-hybridized carbons (Fsp3) is 0.545. The molecule has 0 saturated heterocycles. The molecule has 1 atom stereocenters. The van der Waals surface area contributed by atoms with E-state index in [-0.39, 0.29) is 12.0 Å². The Morgan fingerprint density at radius 1 is 1.71 bits per heavy atom. The van der Waals surface area contributed by atoms with Crippen LogP contribution in [0.2, 0.25) is 0 Å². The van der Waals surface area contributed by atoms with Crippen LogP contribution in [0.15, 0.2) is 23.4 Å². The first-order valence-electron chi connectivity index (χ1n) is 5.13. The van der Waals surface area contributed by atoms with Gasteiger partial charge in [0, 0.05) is 12.1 Å². The van der Waals surface area contributed by atoms with Crippen molar-refractivity contribution < 1.29 is 9.53 Å². The molecule has 0 amide bonds. The fourth-order valence-corrected chi connectivity index (χ4v) is 1.94. The molecular weight excluding hydrogens is 178 g/mol. The van der Waals surface area contributed by atoms with Crippen LogP contribution < -0.4 is 5.32 Å². The van der Waals surface area contributed by atoms with Crippen LogP contribution in [-0.4, -0.2) is 18.6 Å². The zero-order valence-electron chi connectivity index (χ0n) is 8.38. The molecule has 0 aromatic heterocycles. The van der Waals surface area contributed by atoms with Crippen LogP contribution in [0, 0.1) is 0 Å². The highest BCUT2D eigenvalue weighted by atomic mass is 16.5. The summed E-state index contributed by atoms with van der Waals surface area (Å²) >= 11 is 0. The fourth-order valence-electron chi connectivity index (χ4n) is 1.94. The first kappa shape index (κ1) is 9.31. The SMILES string of the molecule is CCOC(=O)C1CC2=C(C=CCC2)N1. The van der Waals surface area contributed by atoms with Crippen molar-refractivity contribution in [2.24, 2.45) is 0 Å². The van der Waals surface area contributed by atoms with E-state index in [1.165, 1.54) is 5.57 Å². The lowest BCUT2D eigenvalue weighted by Crippen LogP contribution is -2.32. The van der Waals surface area contributed by atoms with Gasteiger partial charge in [-0.1, -0.05) is 6.08 Å². The van der Waals surface area contributed by atoms with Crippen LogP contribution in [0.1, 0.15) is 26.2 Å². The van der Waals surface area contributed by atoms with Crippen molar-refractivity contribution in [3.63, 3.8) is 0 Å². The number of carbonyl (C=O) groups excluding carboxylic acids is 1. The zero-order chi connectivity index (χ0) is 9.97. The topological polar surface area (TPSA) is 38.3 Å². The van der Waals surface area contributed by atoms with Gasteiger partial charge in [-0.25, -0.2) is 4.79 Å². The molecule has 14 heavy (non-hydrogen) atoms. The monoisotopic (exact) mass is 193 g/mol. The second-order valence-corrected chi connectivity index (χ2v) is 3.61. The van der Waals surface area contributed by atoms with Crippen LogP contribution in [0.5, 0.6) is 0 Å². The summed E-state index contributed by atoms with van der Waals surface area (Å²) in [5.74, 6) is -0.129. The third-order valence-corrected chi connectivity index (χ3v) is 2.63. The minimum absolute atomic E-state index is 0.129. The Labute approximate surface area is 83.8 Å². The summed E-state index contributed by atoms with van der Waals surface area (Å²) in [6, 6.07) is -0.150. The summed E-state index contributed by atoms with van der Waals surface area (Å²) in [6.45, 7) is 2.29. The molecule has 2 aliphatic rings. The highest BCUT2D eigenvalue weighted by molar-refractivity contribution is 5.77. The van der Waals surface area contributed by atoms with Gasteiger partial charge in [0.1, 0.15) is 6.04 Å². The van der Waals surface area contributed by atoms with E-state index in [2.05, 4.69) is 17.5 Å². The Morgan fingerprint density at radius 3 is 3.29 bits per heavy atom. The summed E-state index contributed by atoms with van der Waals surface area (Å²) in [4.78, 5) is 11.5. The van der Waals surface area contributed by atoms with Crippen molar-refractivity contribution in [1.29, 1.82) is 0 Å². The molecule has 0 aromatic carbocycles. The zero-order valence-corrected chi connectivity index (χ0v) is 8.38. The summed E-state index contributed by atoms with van der Waals surface area (Å²) in [7, 11) is 0. The van der Waals surface area contributed by atoms with Crippen LogP contribution >= 0.6 is 0 Å². The largest absolute Gasteiger partial charge is 0.464 e. The van der Waals surface area contributed by atoms with Crippen LogP contribution in [0.25, 0.3) is 0 Å². The van der Waals surface area contributed by atoms with Gasteiger partial charge in [-0.3, -0.25) is 0 Å². The van der Waals surface area contributed by atoms with Crippen LogP contribution in [-0.2, 0) is 9.53 Å². The number of hydrogen-bond donors (Lipinski definition) is 1. The molecule has 1 N–H and O–H groups in total. The maximum atomic E-state index is 11.5. The van der Waals surface area contributed by atoms with Gasteiger partial charge in [0.05, 0.1) is 6.61 Å². The van der Waals surface area contributed by atoms with Gasteiger partial charge in [0.2, 0.25) is 0 Å². The van der Waals surface area contributed by atoms with Crippen LogP contribution in [0.3, 0.4) is 0 Å². The predicted octanol–water partition coefficient (Wildman–Crippen LogP) is 1.52. The number of ether oxygens (including phenoxy) is 1. The van der Waals surface area contributed by atoms with E-state index in [0.29, 0.717) is 6.61 Å². The van der Waals surface area contributed by atoms with Gasteiger partial charge < -0.3 is 10.1 Å². The van der Waals surface area contributed by atoms with E-state index in [4.69, 9.17) is 4.74 Å². The minimum Gasteiger partial charge on any atom is -0.464 e. The van der Waals surface area contributed by atoms with Gasteiger partial charge in [0.25, 0.3) is 0 Å². The van der Waals surface area contributed by atoms with E-state index < -0.39 is 0 Å². The molecule has 3 nitrogen and oxygen atoms in total. The average molecular weight is 193 g/mol. The van der Waals surface area contributed by atoms with Crippen molar-refractivity contribution in [3.05, 3.63) is 23.4 Å². The molecule has 0 fully saturated rings. The molecular formula is C11H15NO2. The molecule has 1 unspecified atom stereocenters. The molecule has 1 aliphatic heterocycles. The molecule has 1 heterocycles. The van der Waals surface area contributed by atoms with E-state index in [1.807, 2.05) is 6.92 Å².